The van der Waals surface area contributed by atoms with Crippen molar-refractivity contribution in [3.63, 3.8) is 0 Å². The molecule has 7 nitrogen and oxygen atoms in total. The summed E-state index contributed by atoms with van der Waals surface area (Å²) in [6, 6.07) is 0. The van der Waals surface area contributed by atoms with Crippen molar-refractivity contribution in [2.24, 2.45) is 16.8 Å². The first-order valence-electron chi connectivity index (χ1n) is 6.52. The third-order valence-electron chi connectivity index (χ3n) is 3.49. The second kappa shape index (κ2) is 6.21. The fraction of sp³-hybridized carbons (Fsp3) is 0.583. The molecule has 1 aliphatic rings. The van der Waals surface area contributed by atoms with Crippen LogP contribution < -0.4 is 11.1 Å². The molecule has 1 aromatic rings. The fourth-order valence-corrected chi connectivity index (χ4v) is 2.47. The van der Waals surface area contributed by atoms with Gasteiger partial charge in [-0.2, -0.15) is 5.10 Å². The number of nitrogens with zero attached hydrogens (tertiary/aromatic N) is 2. The Morgan fingerprint density at radius 2 is 2.26 bits per heavy atom. The van der Waals surface area contributed by atoms with E-state index in [1.165, 1.54) is 25.5 Å². The molecule has 1 amide bonds. The van der Waals surface area contributed by atoms with Gasteiger partial charge in [0.15, 0.2) is 5.84 Å². The van der Waals surface area contributed by atoms with Crippen LogP contribution in [0.15, 0.2) is 11.4 Å². The van der Waals surface area contributed by atoms with Crippen LogP contribution >= 0.6 is 0 Å². The highest BCUT2D eigenvalue weighted by molar-refractivity contribution is 6.04. The van der Waals surface area contributed by atoms with Crippen molar-refractivity contribution < 1.29 is 10.0 Å². The zero-order valence-electron chi connectivity index (χ0n) is 10.7. The highest BCUT2D eigenvalue weighted by Gasteiger charge is 2.18. The van der Waals surface area contributed by atoms with E-state index in [1.54, 1.807) is 0 Å². The largest absolute Gasteiger partial charge is 0.409 e. The molecular weight excluding hydrogens is 246 g/mol. The van der Waals surface area contributed by atoms with Gasteiger partial charge >= 0.3 is 0 Å². The molecule has 0 atom stereocenters. The summed E-state index contributed by atoms with van der Waals surface area (Å²) in [7, 11) is 0. The first-order chi connectivity index (χ1) is 9.20. The summed E-state index contributed by atoms with van der Waals surface area (Å²) >= 11 is 0. The Morgan fingerprint density at radius 1 is 1.53 bits per heavy atom. The first-order valence-corrected chi connectivity index (χ1v) is 6.52. The summed E-state index contributed by atoms with van der Waals surface area (Å²) in [5.41, 5.74) is 5.88. The Balaban J connectivity index is 1.93. The molecule has 5 N–H and O–H groups in total. The molecule has 1 aliphatic carbocycles. The van der Waals surface area contributed by atoms with Crippen LogP contribution in [0.3, 0.4) is 0 Å². The second-order valence-corrected chi connectivity index (χ2v) is 4.90. The summed E-state index contributed by atoms with van der Waals surface area (Å²) in [5.74, 6) is 0.685. The molecule has 19 heavy (non-hydrogen) atoms. The minimum atomic E-state index is -0.0817. The Bertz CT molecular complexity index is 462. The van der Waals surface area contributed by atoms with Crippen LogP contribution in [0.1, 0.15) is 44.1 Å². The number of rotatable bonds is 4. The molecule has 1 fully saturated rings. The van der Waals surface area contributed by atoms with Crippen molar-refractivity contribution in [2.45, 2.75) is 38.5 Å². The number of aromatic amines is 1. The highest BCUT2D eigenvalue weighted by Crippen LogP contribution is 2.26. The predicted octanol–water partition coefficient (Wildman–Crippen LogP) is 1.41. The van der Waals surface area contributed by atoms with Gasteiger partial charge < -0.3 is 16.3 Å². The number of carbonyl (C=O) groups excluding carboxylic acids is 1. The van der Waals surface area contributed by atoms with Crippen molar-refractivity contribution in [2.75, 3.05) is 5.32 Å². The van der Waals surface area contributed by atoms with E-state index in [4.69, 9.17) is 10.9 Å². The lowest BCUT2D eigenvalue weighted by atomic mass is 9.87. The average Bonchev–Trinajstić information content (AvgIpc) is 2.87. The number of amidine groups is 1. The Kier molecular flexibility index (Phi) is 4.38. The van der Waals surface area contributed by atoms with Gasteiger partial charge in [0.1, 0.15) is 5.82 Å². The van der Waals surface area contributed by atoms with Gasteiger partial charge in [0.2, 0.25) is 5.91 Å². The average molecular weight is 265 g/mol. The maximum absolute atomic E-state index is 11.9. The molecule has 1 heterocycles. The van der Waals surface area contributed by atoms with E-state index in [0.29, 0.717) is 23.7 Å². The molecular formula is C12H19N5O2. The van der Waals surface area contributed by atoms with E-state index in [0.717, 1.165) is 12.8 Å². The number of hydrogen-bond acceptors (Lipinski definition) is 4. The van der Waals surface area contributed by atoms with E-state index >= 15 is 0 Å². The lowest BCUT2D eigenvalue weighted by molar-refractivity contribution is -0.117. The van der Waals surface area contributed by atoms with Gasteiger partial charge in [-0.1, -0.05) is 24.4 Å². The Hall–Kier alpha value is -2.05. The molecule has 1 aromatic heterocycles. The molecule has 0 aliphatic heterocycles. The maximum Gasteiger partial charge on any atom is 0.225 e. The molecule has 0 saturated heterocycles. The van der Waals surface area contributed by atoms with E-state index in [-0.39, 0.29) is 11.7 Å². The molecule has 104 valence electrons. The van der Waals surface area contributed by atoms with Crippen LogP contribution in [-0.4, -0.2) is 27.1 Å². The zero-order valence-corrected chi connectivity index (χ0v) is 10.7. The predicted molar refractivity (Wildman–Crippen MR) is 70.9 cm³/mol. The van der Waals surface area contributed by atoms with Crippen molar-refractivity contribution in [3.05, 3.63) is 11.8 Å². The van der Waals surface area contributed by atoms with Crippen LogP contribution in [0.4, 0.5) is 5.82 Å². The van der Waals surface area contributed by atoms with E-state index in [1.807, 2.05) is 0 Å². The number of hydrogen-bond donors (Lipinski definition) is 4. The number of nitrogens with one attached hydrogen (secondary N) is 2. The third-order valence-corrected chi connectivity index (χ3v) is 3.49. The summed E-state index contributed by atoms with van der Waals surface area (Å²) in [5, 5.41) is 20.7. The molecule has 0 aromatic carbocycles. The number of carbonyl (C=O) groups is 1. The molecule has 0 radical (unpaired) electrons. The van der Waals surface area contributed by atoms with Crippen LogP contribution in [0.5, 0.6) is 0 Å². The van der Waals surface area contributed by atoms with Crippen LogP contribution in [-0.2, 0) is 4.79 Å². The van der Waals surface area contributed by atoms with Crippen LogP contribution in [0.2, 0.25) is 0 Å². The summed E-state index contributed by atoms with van der Waals surface area (Å²) in [4.78, 5) is 11.9. The minimum Gasteiger partial charge on any atom is -0.409 e. The van der Waals surface area contributed by atoms with E-state index < -0.39 is 0 Å². The Labute approximate surface area is 111 Å². The maximum atomic E-state index is 11.9. The number of H-pyrrole nitrogens is 1. The van der Waals surface area contributed by atoms with Crippen molar-refractivity contribution >= 4 is 17.6 Å². The number of aromatic nitrogens is 2. The lowest BCUT2D eigenvalue weighted by Gasteiger charge is -2.20. The van der Waals surface area contributed by atoms with Gasteiger partial charge in [-0.25, -0.2) is 0 Å². The van der Waals surface area contributed by atoms with Gasteiger partial charge in [0.05, 0.1) is 11.8 Å². The Morgan fingerprint density at radius 3 is 2.95 bits per heavy atom. The lowest BCUT2D eigenvalue weighted by Crippen LogP contribution is -2.21. The molecule has 0 unspecified atom stereocenters. The first kappa shape index (κ1) is 13.4. The standard InChI is InChI=1S/C12H19N5O2/c13-11(17-19)9-7-14-16-12(9)15-10(18)6-8-4-2-1-3-5-8/h7-8,19H,1-6H2,(H2,13,17)(H2,14,15,16,18). The quantitative estimate of drug-likeness (QED) is 0.285. The molecule has 7 heteroatoms. The number of oxime groups is 1. The topological polar surface area (TPSA) is 116 Å². The molecule has 1 saturated carbocycles. The summed E-state index contributed by atoms with van der Waals surface area (Å²) in [6.07, 6.45) is 7.83. The molecule has 0 bridgehead atoms. The van der Waals surface area contributed by atoms with Crippen molar-refractivity contribution in [3.8, 4) is 0 Å². The van der Waals surface area contributed by atoms with E-state index in [9.17, 15) is 4.79 Å². The smallest absolute Gasteiger partial charge is 0.225 e. The number of anilines is 1. The van der Waals surface area contributed by atoms with Crippen molar-refractivity contribution in [1.82, 2.24) is 10.2 Å². The molecule has 2 rings (SSSR count). The van der Waals surface area contributed by atoms with Gasteiger partial charge in [-0.3, -0.25) is 9.89 Å². The van der Waals surface area contributed by atoms with Crippen LogP contribution in [0.25, 0.3) is 0 Å². The van der Waals surface area contributed by atoms with Crippen molar-refractivity contribution in [1.29, 1.82) is 0 Å². The van der Waals surface area contributed by atoms with Crippen LogP contribution in [0, 0.1) is 5.92 Å². The number of amides is 1. The SMILES string of the molecule is NC(=NO)c1cn[nH]c1NC(=O)CC1CCCCC1. The van der Waals surface area contributed by atoms with Gasteiger partial charge in [0.25, 0.3) is 0 Å². The normalized spacial score (nSPS) is 17.4. The molecule has 0 spiro atoms. The van der Waals surface area contributed by atoms with Gasteiger partial charge in [-0.05, 0) is 18.8 Å². The summed E-state index contributed by atoms with van der Waals surface area (Å²) < 4.78 is 0. The highest BCUT2D eigenvalue weighted by atomic mass is 16.4. The fourth-order valence-electron chi connectivity index (χ4n) is 2.47. The minimum absolute atomic E-state index is 0.0665. The van der Waals surface area contributed by atoms with E-state index in [2.05, 4.69) is 20.7 Å². The van der Waals surface area contributed by atoms with Gasteiger partial charge in [0, 0.05) is 6.42 Å². The summed E-state index contributed by atoms with van der Waals surface area (Å²) in [6.45, 7) is 0. The number of nitrogens with two attached hydrogens (primary N) is 1. The second-order valence-electron chi connectivity index (χ2n) is 4.90. The van der Waals surface area contributed by atoms with Gasteiger partial charge in [-0.15, -0.1) is 0 Å². The zero-order chi connectivity index (χ0) is 13.7. The monoisotopic (exact) mass is 265 g/mol. The third kappa shape index (κ3) is 3.46.